The molecule has 0 unspecified atom stereocenters. The van der Waals surface area contributed by atoms with Crippen LogP contribution in [0.15, 0.2) is 12.1 Å². The molecule has 0 saturated carbocycles. The second kappa shape index (κ2) is 3.99. The van der Waals surface area contributed by atoms with Gasteiger partial charge in [-0.1, -0.05) is 0 Å². The van der Waals surface area contributed by atoms with Gasteiger partial charge in [-0.05, 0) is 41.6 Å². The van der Waals surface area contributed by atoms with E-state index in [-0.39, 0.29) is 3.57 Å². The average molecular weight is 330 g/mol. The molecule has 0 aliphatic rings. The zero-order chi connectivity index (χ0) is 11.8. The molecule has 0 atom stereocenters. The molecule has 0 radical (unpaired) electrons. The Kier molecular flexibility index (Phi) is 3.27. The number of Topliss-reactive ketones (excluding diaryl/α,β-unsaturated/α-hetero) is 1. The number of alkyl halides is 3. The largest absolute Gasteiger partial charge is 0.507 e. The lowest BCUT2D eigenvalue weighted by Crippen LogP contribution is -2.14. The maximum atomic E-state index is 12.6. The predicted molar refractivity (Wildman–Crippen MR) is 55.8 cm³/mol. The van der Waals surface area contributed by atoms with Gasteiger partial charge in [-0.25, -0.2) is 0 Å². The smallest absolute Gasteiger partial charge is 0.418 e. The van der Waals surface area contributed by atoms with Crippen LogP contribution < -0.4 is 0 Å². The summed E-state index contributed by atoms with van der Waals surface area (Å²) in [6.07, 6.45) is -4.64. The minimum atomic E-state index is -4.64. The Labute approximate surface area is 97.2 Å². The van der Waals surface area contributed by atoms with Gasteiger partial charge in [-0.15, -0.1) is 0 Å². The molecule has 15 heavy (non-hydrogen) atoms. The van der Waals surface area contributed by atoms with Crippen molar-refractivity contribution in [3.05, 3.63) is 26.8 Å². The number of aromatic hydroxyl groups is 1. The summed E-state index contributed by atoms with van der Waals surface area (Å²) >= 11 is 1.48. The van der Waals surface area contributed by atoms with Crippen molar-refractivity contribution in [2.24, 2.45) is 0 Å². The van der Waals surface area contributed by atoms with Crippen molar-refractivity contribution in [3.8, 4) is 5.75 Å². The van der Waals surface area contributed by atoms with Gasteiger partial charge in [-0.3, -0.25) is 4.79 Å². The molecule has 1 aromatic rings. The first-order valence-electron chi connectivity index (χ1n) is 3.84. The molecule has 1 aromatic carbocycles. The zero-order valence-electron chi connectivity index (χ0n) is 7.52. The van der Waals surface area contributed by atoms with Gasteiger partial charge in [0.2, 0.25) is 0 Å². The van der Waals surface area contributed by atoms with Gasteiger partial charge in [0.25, 0.3) is 0 Å². The van der Waals surface area contributed by atoms with Gasteiger partial charge >= 0.3 is 6.18 Å². The number of rotatable bonds is 1. The van der Waals surface area contributed by atoms with Crippen LogP contribution in [0.25, 0.3) is 0 Å². The number of ketones is 1. The fourth-order valence-electron chi connectivity index (χ4n) is 1.20. The first-order chi connectivity index (χ1) is 6.75. The lowest BCUT2D eigenvalue weighted by molar-refractivity contribution is -0.138. The summed E-state index contributed by atoms with van der Waals surface area (Å²) in [6, 6.07) is 2.19. The third kappa shape index (κ3) is 2.42. The minimum absolute atomic E-state index is 0.108. The lowest BCUT2D eigenvalue weighted by Gasteiger charge is -2.14. The minimum Gasteiger partial charge on any atom is -0.507 e. The molecular weight excluding hydrogens is 324 g/mol. The Morgan fingerprint density at radius 1 is 1.40 bits per heavy atom. The number of phenols is 1. The van der Waals surface area contributed by atoms with Crippen molar-refractivity contribution in [3.63, 3.8) is 0 Å². The van der Waals surface area contributed by atoms with Gasteiger partial charge in [-0.2, -0.15) is 13.2 Å². The maximum absolute atomic E-state index is 12.6. The van der Waals surface area contributed by atoms with E-state index in [4.69, 9.17) is 0 Å². The fourth-order valence-corrected chi connectivity index (χ4v) is 1.96. The van der Waals surface area contributed by atoms with Crippen LogP contribution >= 0.6 is 22.6 Å². The summed E-state index contributed by atoms with van der Waals surface area (Å²) in [5.41, 5.74) is -1.75. The molecule has 0 heterocycles. The predicted octanol–water partition coefficient (Wildman–Crippen LogP) is 3.22. The Bertz CT molecular complexity index is 413. The number of carbonyl (C=O) groups excluding carboxylic acids is 1. The van der Waals surface area contributed by atoms with E-state index in [1.165, 1.54) is 22.6 Å². The van der Waals surface area contributed by atoms with Crippen molar-refractivity contribution in [2.75, 3.05) is 0 Å². The van der Waals surface area contributed by atoms with E-state index in [2.05, 4.69) is 0 Å². The third-order valence-corrected chi connectivity index (χ3v) is 2.67. The van der Waals surface area contributed by atoms with E-state index in [0.29, 0.717) is 0 Å². The molecule has 0 bridgehead atoms. The van der Waals surface area contributed by atoms with E-state index in [0.717, 1.165) is 19.1 Å². The highest BCUT2D eigenvalue weighted by Crippen LogP contribution is 2.38. The molecule has 0 amide bonds. The van der Waals surface area contributed by atoms with E-state index in [9.17, 15) is 23.1 Å². The Morgan fingerprint density at radius 2 is 1.93 bits per heavy atom. The first kappa shape index (κ1) is 12.3. The Hall–Kier alpha value is -0.790. The molecule has 1 rings (SSSR count). The summed E-state index contributed by atoms with van der Waals surface area (Å²) < 4.78 is 37.6. The summed E-state index contributed by atoms with van der Waals surface area (Å²) in [5, 5.41) is 9.23. The monoisotopic (exact) mass is 330 g/mol. The molecule has 1 N–H and O–H groups in total. The van der Waals surface area contributed by atoms with Gasteiger partial charge < -0.3 is 5.11 Å². The third-order valence-electron chi connectivity index (χ3n) is 1.77. The van der Waals surface area contributed by atoms with Crippen LogP contribution in [0.3, 0.4) is 0 Å². The Balaban J connectivity index is 3.60. The average Bonchev–Trinajstić information content (AvgIpc) is 2.05. The molecular formula is C9H6F3IO2. The second-order valence-corrected chi connectivity index (χ2v) is 4.03. The summed E-state index contributed by atoms with van der Waals surface area (Å²) in [4.78, 5) is 11.0. The molecule has 0 aliphatic carbocycles. The molecule has 0 aromatic heterocycles. The lowest BCUT2D eigenvalue weighted by atomic mass is 10.0. The maximum Gasteiger partial charge on any atom is 0.418 e. The number of halogens is 4. The van der Waals surface area contributed by atoms with Crippen LogP contribution in [0.2, 0.25) is 0 Å². The van der Waals surface area contributed by atoms with Gasteiger partial charge in [0.15, 0.2) is 5.78 Å². The van der Waals surface area contributed by atoms with Crippen LogP contribution in [-0.4, -0.2) is 10.9 Å². The first-order valence-corrected chi connectivity index (χ1v) is 4.92. The van der Waals surface area contributed by atoms with Gasteiger partial charge in [0.1, 0.15) is 5.75 Å². The highest BCUT2D eigenvalue weighted by Gasteiger charge is 2.38. The van der Waals surface area contributed by atoms with Gasteiger partial charge in [0, 0.05) is 3.57 Å². The molecule has 2 nitrogen and oxygen atoms in total. The molecule has 0 spiro atoms. The number of carbonyl (C=O) groups is 1. The standard InChI is InChI=1S/C9H6F3IO2/c1-4(14)7-6(15)3-2-5(13)8(7)9(10,11)12/h2-3,15H,1H3. The number of phenolic OH excluding ortho intramolecular Hbond substituents is 1. The van der Waals surface area contributed by atoms with Crippen molar-refractivity contribution < 1.29 is 23.1 Å². The van der Waals surface area contributed by atoms with E-state index in [1.54, 1.807) is 0 Å². The van der Waals surface area contributed by atoms with Crippen molar-refractivity contribution >= 4 is 28.4 Å². The number of hydrogen-bond donors (Lipinski definition) is 1. The van der Waals surface area contributed by atoms with E-state index >= 15 is 0 Å². The van der Waals surface area contributed by atoms with Crippen LogP contribution in [-0.2, 0) is 6.18 Å². The topological polar surface area (TPSA) is 37.3 Å². The molecule has 0 fully saturated rings. The normalized spacial score (nSPS) is 11.5. The summed E-state index contributed by atoms with van der Waals surface area (Å²) in [7, 11) is 0. The molecule has 82 valence electrons. The summed E-state index contributed by atoms with van der Waals surface area (Å²) in [5.74, 6) is -1.45. The van der Waals surface area contributed by atoms with Gasteiger partial charge in [0.05, 0.1) is 11.1 Å². The molecule has 0 saturated heterocycles. The summed E-state index contributed by atoms with van der Waals surface area (Å²) in [6.45, 7) is 0.986. The van der Waals surface area contributed by atoms with Crippen LogP contribution in [0.4, 0.5) is 13.2 Å². The molecule has 0 aliphatic heterocycles. The zero-order valence-corrected chi connectivity index (χ0v) is 9.68. The highest BCUT2D eigenvalue weighted by atomic mass is 127. The van der Waals surface area contributed by atoms with E-state index < -0.39 is 28.8 Å². The van der Waals surface area contributed by atoms with E-state index in [1.807, 2.05) is 0 Å². The SMILES string of the molecule is CC(=O)c1c(O)ccc(I)c1C(F)(F)F. The van der Waals surface area contributed by atoms with Crippen LogP contribution in [0, 0.1) is 3.57 Å². The second-order valence-electron chi connectivity index (χ2n) is 2.87. The van der Waals surface area contributed by atoms with Crippen molar-refractivity contribution in [1.29, 1.82) is 0 Å². The van der Waals surface area contributed by atoms with Crippen LogP contribution in [0.1, 0.15) is 22.8 Å². The fraction of sp³-hybridized carbons (Fsp3) is 0.222. The Morgan fingerprint density at radius 3 is 2.27 bits per heavy atom. The highest BCUT2D eigenvalue weighted by molar-refractivity contribution is 14.1. The van der Waals surface area contributed by atoms with Crippen LogP contribution in [0.5, 0.6) is 5.75 Å². The molecule has 6 heteroatoms. The van der Waals surface area contributed by atoms with Crippen molar-refractivity contribution in [1.82, 2.24) is 0 Å². The number of benzene rings is 1. The number of hydrogen-bond acceptors (Lipinski definition) is 2. The quantitative estimate of drug-likeness (QED) is 0.634. The van der Waals surface area contributed by atoms with Crippen molar-refractivity contribution in [2.45, 2.75) is 13.1 Å².